The molecular weight excluding hydrogens is 259 g/mol. The zero-order valence-corrected chi connectivity index (χ0v) is 12.3. The van der Waals surface area contributed by atoms with Gasteiger partial charge in [-0.2, -0.15) is 0 Å². The summed E-state index contributed by atoms with van der Waals surface area (Å²) in [4.78, 5) is 1.18. The van der Waals surface area contributed by atoms with Crippen molar-refractivity contribution in [1.29, 1.82) is 0 Å². The number of ether oxygens (including phenoxy) is 1. The molecule has 1 unspecified atom stereocenters. The van der Waals surface area contributed by atoms with Crippen molar-refractivity contribution < 1.29 is 28.4 Å². The van der Waals surface area contributed by atoms with Gasteiger partial charge in [0.15, 0.2) is 0 Å². The minimum atomic E-state index is -0.379. The Morgan fingerprint density at radius 2 is 1.81 bits per heavy atom. The summed E-state index contributed by atoms with van der Waals surface area (Å²) in [6.45, 7) is 4.40. The van der Waals surface area contributed by atoms with Crippen LogP contribution in [-0.2, 0) is 23.3 Å². The van der Waals surface area contributed by atoms with Crippen molar-refractivity contribution in [3.63, 3.8) is 0 Å². The maximum Gasteiger partial charge on any atom is 0.0867 e. The predicted octanol–water partition coefficient (Wildman–Crippen LogP) is 2.81. The maximum absolute atomic E-state index is 9.36. The standard InChI is InChI=1S/C10H14O2S.C2H6.V/c1-12-7-9(11)8-13-10-5-3-2-4-6-10;1-2;/h2-6,9,11H,7-8H2,1H3;1-2H3;. The fourth-order valence-electron chi connectivity index (χ4n) is 0.950. The Labute approximate surface area is 115 Å². The molecule has 1 N–H and O–H groups in total. The van der Waals surface area contributed by atoms with Gasteiger partial charge in [0.25, 0.3) is 0 Å². The molecule has 1 atom stereocenters. The summed E-state index contributed by atoms with van der Waals surface area (Å²) in [6.07, 6.45) is -0.379. The fraction of sp³-hybridized carbons (Fsp3) is 0.500. The molecule has 0 saturated carbocycles. The van der Waals surface area contributed by atoms with Gasteiger partial charge in [0.05, 0.1) is 12.7 Å². The SMILES string of the molecule is CC.COCC(O)CSc1ccccc1.[V]. The third-order valence-electron chi connectivity index (χ3n) is 1.54. The second kappa shape index (κ2) is 13.1. The van der Waals surface area contributed by atoms with Crippen LogP contribution in [0, 0.1) is 0 Å². The molecule has 0 amide bonds. The third kappa shape index (κ3) is 9.31. The van der Waals surface area contributed by atoms with Crippen molar-refractivity contribution in [2.75, 3.05) is 19.5 Å². The fourth-order valence-corrected chi connectivity index (χ4v) is 1.78. The monoisotopic (exact) mass is 279 g/mol. The first-order chi connectivity index (χ1) is 7.33. The molecule has 1 aromatic rings. The van der Waals surface area contributed by atoms with E-state index in [1.165, 1.54) is 4.90 Å². The van der Waals surface area contributed by atoms with E-state index < -0.39 is 0 Å². The molecule has 91 valence electrons. The Hall–Kier alpha value is 0.0744. The van der Waals surface area contributed by atoms with Crippen molar-refractivity contribution in [1.82, 2.24) is 0 Å². The summed E-state index contributed by atoms with van der Waals surface area (Å²) < 4.78 is 4.83. The van der Waals surface area contributed by atoms with Crippen LogP contribution in [-0.4, -0.2) is 30.7 Å². The number of thioether (sulfide) groups is 1. The smallest absolute Gasteiger partial charge is 0.0867 e. The average molecular weight is 279 g/mol. The Balaban J connectivity index is 0. The first-order valence-corrected chi connectivity index (χ1v) is 6.16. The Kier molecular flexibility index (Phi) is 15.1. The topological polar surface area (TPSA) is 29.5 Å². The zero-order chi connectivity index (χ0) is 11.5. The maximum atomic E-state index is 9.36. The average Bonchev–Trinajstić information content (AvgIpc) is 2.31. The van der Waals surface area contributed by atoms with Crippen molar-refractivity contribution in [3.8, 4) is 0 Å². The largest absolute Gasteiger partial charge is 0.390 e. The molecule has 2 nitrogen and oxygen atoms in total. The van der Waals surface area contributed by atoms with Gasteiger partial charge in [0.1, 0.15) is 0 Å². The van der Waals surface area contributed by atoms with Crippen LogP contribution in [0.5, 0.6) is 0 Å². The van der Waals surface area contributed by atoms with Gasteiger partial charge in [-0.15, -0.1) is 11.8 Å². The van der Waals surface area contributed by atoms with Gasteiger partial charge in [-0.05, 0) is 12.1 Å². The molecule has 1 aromatic carbocycles. The number of methoxy groups -OCH3 is 1. The summed E-state index contributed by atoms with van der Waals surface area (Å²) in [6, 6.07) is 10.0. The molecule has 0 heterocycles. The summed E-state index contributed by atoms with van der Waals surface area (Å²) in [5.74, 6) is 0.678. The van der Waals surface area contributed by atoms with E-state index in [4.69, 9.17) is 4.74 Å². The summed E-state index contributed by atoms with van der Waals surface area (Å²) >= 11 is 1.64. The normalized spacial score (nSPS) is 10.8. The minimum Gasteiger partial charge on any atom is -0.390 e. The molecule has 16 heavy (non-hydrogen) atoms. The van der Waals surface area contributed by atoms with Gasteiger partial charge in [0.2, 0.25) is 0 Å². The molecule has 0 spiro atoms. The summed E-state index contributed by atoms with van der Waals surface area (Å²) in [5, 5.41) is 9.36. The molecular formula is C12H20O2SV. The quantitative estimate of drug-likeness (QED) is 0.840. The number of aliphatic hydroxyl groups is 1. The first-order valence-electron chi connectivity index (χ1n) is 5.18. The minimum absolute atomic E-state index is 0. The van der Waals surface area contributed by atoms with Crippen molar-refractivity contribution in [3.05, 3.63) is 30.3 Å². The van der Waals surface area contributed by atoms with E-state index >= 15 is 0 Å². The second-order valence-electron chi connectivity index (χ2n) is 2.73. The number of benzene rings is 1. The van der Waals surface area contributed by atoms with E-state index in [0.717, 1.165) is 0 Å². The molecule has 0 aliphatic rings. The second-order valence-corrected chi connectivity index (χ2v) is 3.83. The van der Waals surface area contributed by atoms with Crippen LogP contribution in [0.3, 0.4) is 0 Å². The molecule has 1 rings (SSSR count). The Morgan fingerprint density at radius 1 is 1.25 bits per heavy atom. The summed E-state index contributed by atoms with van der Waals surface area (Å²) in [7, 11) is 1.59. The van der Waals surface area contributed by atoms with Gasteiger partial charge in [0, 0.05) is 36.3 Å². The van der Waals surface area contributed by atoms with Crippen LogP contribution >= 0.6 is 11.8 Å². The van der Waals surface area contributed by atoms with E-state index in [1.807, 2.05) is 44.2 Å². The number of hydrogen-bond donors (Lipinski definition) is 1. The van der Waals surface area contributed by atoms with E-state index in [0.29, 0.717) is 12.4 Å². The Morgan fingerprint density at radius 3 is 2.31 bits per heavy atom. The van der Waals surface area contributed by atoms with Crippen LogP contribution in [0.25, 0.3) is 0 Å². The summed E-state index contributed by atoms with van der Waals surface area (Å²) in [5.41, 5.74) is 0. The van der Waals surface area contributed by atoms with Crippen molar-refractivity contribution >= 4 is 11.8 Å². The Bertz CT molecular complexity index is 232. The van der Waals surface area contributed by atoms with Gasteiger partial charge >= 0.3 is 0 Å². The van der Waals surface area contributed by atoms with Crippen LogP contribution < -0.4 is 0 Å². The molecule has 0 fully saturated rings. The molecule has 4 heteroatoms. The van der Waals surface area contributed by atoms with Gasteiger partial charge in [-0.25, -0.2) is 0 Å². The predicted molar refractivity (Wildman–Crippen MR) is 66.4 cm³/mol. The molecule has 0 aliphatic heterocycles. The number of rotatable bonds is 5. The molecule has 1 radical (unpaired) electrons. The van der Waals surface area contributed by atoms with Crippen LogP contribution in [0.2, 0.25) is 0 Å². The van der Waals surface area contributed by atoms with Gasteiger partial charge in [-0.3, -0.25) is 0 Å². The number of hydrogen-bond acceptors (Lipinski definition) is 3. The molecule has 0 bridgehead atoms. The first kappa shape index (κ1) is 18.4. The van der Waals surface area contributed by atoms with Crippen LogP contribution in [0.15, 0.2) is 35.2 Å². The van der Waals surface area contributed by atoms with E-state index in [9.17, 15) is 5.11 Å². The molecule has 0 aromatic heterocycles. The van der Waals surface area contributed by atoms with Crippen LogP contribution in [0.4, 0.5) is 0 Å². The van der Waals surface area contributed by atoms with E-state index in [-0.39, 0.29) is 24.7 Å². The van der Waals surface area contributed by atoms with E-state index in [1.54, 1.807) is 18.9 Å². The molecule has 0 saturated heterocycles. The van der Waals surface area contributed by atoms with Gasteiger partial charge in [-0.1, -0.05) is 32.0 Å². The zero-order valence-electron chi connectivity index (χ0n) is 10.1. The van der Waals surface area contributed by atoms with Crippen molar-refractivity contribution in [2.45, 2.75) is 24.8 Å². The van der Waals surface area contributed by atoms with Crippen molar-refractivity contribution in [2.24, 2.45) is 0 Å². The van der Waals surface area contributed by atoms with Gasteiger partial charge < -0.3 is 9.84 Å². The van der Waals surface area contributed by atoms with E-state index in [2.05, 4.69) is 0 Å². The van der Waals surface area contributed by atoms with Crippen LogP contribution in [0.1, 0.15) is 13.8 Å². The third-order valence-corrected chi connectivity index (χ3v) is 2.70. The molecule has 0 aliphatic carbocycles. The number of aliphatic hydroxyl groups excluding tert-OH is 1.